The van der Waals surface area contributed by atoms with Gasteiger partial charge >= 0.3 is 0 Å². The number of nitrogens with one attached hydrogen (secondary N) is 1. The van der Waals surface area contributed by atoms with Gasteiger partial charge in [0.05, 0.1) is 6.04 Å². The second-order valence-corrected chi connectivity index (χ2v) is 5.86. The van der Waals surface area contributed by atoms with Gasteiger partial charge in [0.2, 0.25) is 0 Å². The molecule has 1 atom stereocenters. The van der Waals surface area contributed by atoms with Gasteiger partial charge in [-0.3, -0.25) is 0 Å². The molecular formula is C18H21N. The van der Waals surface area contributed by atoms with Crippen molar-refractivity contribution < 1.29 is 0 Å². The number of hydrogen-bond acceptors (Lipinski definition) is 1. The van der Waals surface area contributed by atoms with Crippen LogP contribution in [0.5, 0.6) is 0 Å². The molecule has 0 spiro atoms. The molecule has 0 amide bonds. The van der Waals surface area contributed by atoms with Gasteiger partial charge in [0.15, 0.2) is 0 Å². The first kappa shape index (κ1) is 12.4. The van der Waals surface area contributed by atoms with Crippen LogP contribution in [-0.4, -0.2) is 0 Å². The van der Waals surface area contributed by atoms with Crippen molar-refractivity contribution in [2.75, 3.05) is 0 Å². The van der Waals surface area contributed by atoms with Gasteiger partial charge in [-0.15, -0.1) is 0 Å². The second-order valence-electron chi connectivity index (χ2n) is 5.86. The van der Waals surface area contributed by atoms with Crippen LogP contribution >= 0.6 is 0 Å². The van der Waals surface area contributed by atoms with Gasteiger partial charge in [-0.25, -0.2) is 0 Å². The molecule has 2 aromatic rings. The summed E-state index contributed by atoms with van der Waals surface area (Å²) in [6.07, 6.45) is 1.15. The van der Waals surface area contributed by atoms with Crippen LogP contribution < -0.4 is 5.32 Å². The van der Waals surface area contributed by atoms with Crippen molar-refractivity contribution in [3.63, 3.8) is 0 Å². The lowest BCUT2D eigenvalue weighted by Gasteiger charge is -2.14. The van der Waals surface area contributed by atoms with Crippen LogP contribution in [0.3, 0.4) is 0 Å². The Balaban J connectivity index is 1.91. The molecule has 0 fully saturated rings. The first-order valence-electron chi connectivity index (χ1n) is 7.14. The minimum Gasteiger partial charge on any atom is -0.302 e. The molecule has 3 rings (SSSR count). The van der Waals surface area contributed by atoms with Crippen molar-refractivity contribution in [2.24, 2.45) is 5.92 Å². The Kier molecular flexibility index (Phi) is 3.39. The number of fused-ring (bicyclic) bond motifs is 1. The summed E-state index contributed by atoms with van der Waals surface area (Å²) in [4.78, 5) is 0. The molecule has 98 valence electrons. The standard InChI is InChI=1S/C18H21N/c1-13(2)10-14-6-5-8-15(11-14)18-17-9-4-3-7-16(17)12-19-18/h3-9,11,13,18-19H,10,12H2,1-2H3. The van der Waals surface area contributed by atoms with E-state index in [2.05, 4.69) is 67.7 Å². The number of rotatable bonds is 3. The van der Waals surface area contributed by atoms with E-state index in [9.17, 15) is 0 Å². The molecule has 19 heavy (non-hydrogen) atoms. The van der Waals surface area contributed by atoms with E-state index in [1.54, 1.807) is 0 Å². The van der Waals surface area contributed by atoms with Crippen molar-refractivity contribution in [1.82, 2.24) is 5.32 Å². The van der Waals surface area contributed by atoms with E-state index >= 15 is 0 Å². The maximum atomic E-state index is 3.62. The van der Waals surface area contributed by atoms with Crippen molar-refractivity contribution in [2.45, 2.75) is 32.9 Å². The predicted octanol–water partition coefficient (Wildman–Crippen LogP) is 4.08. The van der Waals surface area contributed by atoms with E-state index in [0.29, 0.717) is 12.0 Å². The zero-order chi connectivity index (χ0) is 13.2. The van der Waals surface area contributed by atoms with Crippen LogP contribution in [0.4, 0.5) is 0 Å². The predicted molar refractivity (Wildman–Crippen MR) is 80.1 cm³/mol. The smallest absolute Gasteiger partial charge is 0.0582 e. The van der Waals surface area contributed by atoms with Gasteiger partial charge in [-0.05, 0) is 34.6 Å². The van der Waals surface area contributed by atoms with E-state index in [4.69, 9.17) is 0 Å². The molecule has 1 heterocycles. The lowest BCUT2D eigenvalue weighted by atomic mass is 9.95. The Morgan fingerprint density at radius 2 is 1.95 bits per heavy atom. The molecule has 1 nitrogen and oxygen atoms in total. The van der Waals surface area contributed by atoms with E-state index in [1.807, 2.05) is 0 Å². The Hall–Kier alpha value is -1.60. The minimum atomic E-state index is 0.364. The third kappa shape index (κ3) is 2.57. The molecule has 0 saturated heterocycles. The lowest BCUT2D eigenvalue weighted by Crippen LogP contribution is -2.13. The number of hydrogen-bond donors (Lipinski definition) is 1. The summed E-state index contributed by atoms with van der Waals surface area (Å²) in [6.45, 7) is 5.53. The largest absolute Gasteiger partial charge is 0.302 e. The van der Waals surface area contributed by atoms with Crippen LogP contribution in [0.25, 0.3) is 0 Å². The monoisotopic (exact) mass is 251 g/mol. The molecule has 2 aromatic carbocycles. The number of benzene rings is 2. The third-order valence-corrected chi connectivity index (χ3v) is 3.79. The molecule has 0 aromatic heterocycles. The first-order chi connectivity index (χ1) is 9.24. The Morgan fingerprint density at radius 1 is 1.11 bits per heavy atom. The van der Waals surface area contributed by atoms with E-state index in [1.165, 1.54) is 22.3 Å². The molecule has 1 N–H and O–H groups in total. The molecule has 0 saturated carbocycles. The van der Waals surface area contributed by atoms with Gasteiger partial charge in [-0.2, -0.15) is 0 Å². The maximum absolute atomic E-state index is 3.62. The van der Waals surface area contributed by atoms with Crippen molar-refractivity contribution in [3.05, 3.63) is 70.8 Å². The van der Waals surface area contributed by atoms with Crippen molar-refractivity contribution >= 4 is 0 Å². The SMILES string of the molecule is CC(C)Cc1cccc(C2NCc3ccccc32)c1. The third-order valence-electron chi connectivity index (χ3n) is 3.79. The molecule has 0 radical (unpaired) electrons. The fourth-order valence-corrected chi connectivity index (χ4v) is 2.97. The maximum Gasteiger partial charge on any atom is 0.0582 e. The Morgan fingerprint density at radius 3 is 2.79 bits per heavy atom. The second kappa shape index (κ2) is 5.18. The summed E-state index contributed by atoms with van der Waals surface area (Å²) < 4.78 is 0. The van der Waals surface area contributed by atoms with Gasteiger partial charge in [0.25, 0.3) is 0 Å². The van der Waals surface area contributed by atoms with Crippen LogP contribution in [-0.2, 0) is 13.0 Å². The quantitative estimate of drug-likeness (QED) is 0.866. The average Bonchev–Trinajstić information content (AvgIpc) is 2.82. The molecule has 1 aliphatic heterocycles. The summed E-state index contributed by atoms with van der Waals surface area (Å²) >= 11 is 0. The van der Waals surface area contributed by atoms with Crippen LogP contribution in [0.1, 0.15) is 42.1 Å². The summed E-state index contributed by atoms with van der Waals surface area (Å²) in [5, 5.41) is 3.62. The average molecular weight is 251 g/mol. The molecular weight excluding hydrogens is 230 g/mol. The molecule has 1 heteroatoms. The molecule has 0 aliphatic carbocycles. The Bertz CT molecular complexity index is 571. The Labute approximate surface area is 115 Å². The highest BCUT2D eigenvalue weighted by atomic mass is 14.9. The molecule has 0 bridgehead atoms. The normalized spacial score (nSPS) is 17.7. The molecule has 1 aliphatic rings. The van der Waals surface area contributed by atoms with Crippen molar-refractivity contribution in [1.29, 1.82) is 0 Å². The summed E-state index contributed by atoms with van der Waals surface area (Å²) in [5.74, 6) is 0.707. The van der Waals surface area contributed by atoms with Crippen LogP contribution in [0.15, 0.2) is 48.5 Å². The van der Waals surface area contributed by atoms with Gasteiger partial charge in [0.1, 0.15) is 0 Å². The minimum absolute atomic E-state index is 0.364. The lowest BCUT2D eigenvalue weighted by molar-refractivity contribution is 0.640. The zero-order valence-electron chi connectivity index (χ0n) is 11.7. The highest BCUT2D eigenvalue weighted by Gasteiger charge is 2.22. The van der Waals surface area contributed by atoms with Gasteiger partial charge in [-0.1, -0.05) is 62.4 Å². The van der Waals surface area contributed by atoms with Gasteiger partial charge < -0.3 is 5.32 Å². The highest BCUT2D eigenvalue weighted by molar-refractivity contribution is 5.41. The highest BCUT2D eigenvalue weighted by Crippen LogP contribution is 2.31. The molecule has 1 unspecified atom stereocenters. The zero-order valence-corrected chi connectivity index (χ0v) is 11.7. The van der Waals surface area contributed by atoms with Crippen LogP contribution in [0.2, 0.25) is 0 Å². The van der Waals surface area contributed by atoms with Gasteiger partial charge in [0, 0.05) is 6.54 Å². The van der Waals surface area contributed by atoms with Crippen LogP contribution in [0, 0.1) is 5.92 Å². The summed E-state index contributed by atoms with van der Waals surface area (Å²) in [7, 11) is 0. The van der Waals surface area contributed by atoms with E-state index in [-0.39, 0.29) is 0 Å². The van der Waals surface area contributed by atoms with Crippen molar-refractivity contribution in [3.8, 4) is 0 Å². The summed E-state index contributed by atoms with van der Waals surface area (Å²) in [5.41, 5.74) is 5.70. The van der Waals surface area contributed by atoms with E-state index in [0.717, 1.165) is 13.0 Å². The fraction of sp³-hybridized carbons (Fsp3) is 0.333. The van der Waals surface area contributed by atoms with E-state index < -0.39 is 0 Å². The summed E-state index contributed by atoms with van der Waals surface area (Å²) in [6, 6.07) is 18.1. The topological polar surface area (TPSA) is 12.0 Å². The first-order valence-corrected chi connectivity index (χ1v) is 7.14. The fourth-order valence-electron chi connectivity index (χ4n) is 2.97.